The molecule has 1 unspecified atom stereocenters. The highest BCUT2D eigenvalue weighted by atomic mass is 19.3. The third-order valence-electron chi connectivity index (χ3n) is 5.33. The van der Waals surface area contributed by atoms with Crippen molar-refractivity contribution in [2.24, 2.45) is 11.8 Å². The van der Waals surface area contributed by atoms with Gasteiger partial charge in [-0.15, -0.1) is 0 Å². The highest BCUT2D eigenvalue weighted by Gasteiger charge is 2.56. The van der Waals surface area contributed by atoms with Crippen LogP contribution >= 0.6 is 0 Å². The Bertz CT molecular complexity index is 1100. The normalized spacial score (nSPS) is 23.4. The molecule has 3 heterocycles. The second-order valence-electron chi connectivity index (χ2n) is 6.95. The lowest BCUT2D eigenvalue weighted by Crippen LogP contribution is -2.24. The van der Waals surface area contributed by atoms with E-state index >= 15 is 0 Å². The van der Waals surface area contributed by atoms with Crippen molar-refractivity contribution >= 4 is 10.9 Å². The predicted molar refractivity (Wildman–Crippen MR) is 90.8 cm³/mol. The van der Waals surface area contributed by atoms with E-state index in [2.05, 4.69) is 14.9 Å². The van der Waals surface area contributed by atoms with E-state index < -0.39 is 18.0 Å². The van der Waals surface area contributed by atoms with E-state index in [0.717, 1.165) is 4.68 Å². The van der Waals surface area contributed by atoms with Crippen LogP contribution in [0.3, 0.4) is 0 Å². The van der Waals surface area contributed by atoms with Gasteiger partial charge in [-0.05, 0) is 6.07 Å². The van der Waals surface area contributed by atoms with Gasteiger partial charge in [0.15, 0.2) is 5.52 Å². The summed E-state index contributed by atoms with van der Waals surface area (Å²) in [6.07, 6.45) is 1.30. The molecule has 2 aromatic heterocycles. The van der Waals surface area contributed by atoms with Crippen LogP contribution < -0.4 is 10.3 Å². The van der Waals surface area contributed by atoms with E-state index in [1.807, 2.05) is 0 Å². The first-order chi connectivity index (χ1) is 13.5. The molecule has 1 aliphatic heterocycles. The second kappa shape index (κ2) is 6.33. The smallest absolute Gasteiger partial charge is 0.388 e. The molecule has 0 radical (unpaired) electrons. The van der Waals surface area contributed by atoms with E-state index in [4.69, 9.17) is 4.74 Å². The van der Waals surface area contributed by atoms with Gasteiger partial charge in [0.25, 0.3) is 5.56 Å². The molecule has 3 aromatic rings. The predicted octanol–water partition coefficient (Wildman–Crippen LogP) is 2.20. The summed E-state index contributed by atoms with van der Waals surface area (Å²) in [5, 5.41) is 8.38. The van der Waals surface area contributed by atoms with E-state index in [1.165, 1.54) is 29.1 Å². The maximum Gasteiger partial charge on any atom is 0.388 e. The summed E-state index contributed by atoms with van der Waals surface area (Å²) in [5.74, 6) is -0.351. The average Bonchev–Trinajstić information content (AvgIpc) is 2.99. The van der Waals surface area contributed by atoms with Crippen LogP contribution in [0.2, 0.25) is 0 Å². The van der Waals surface area contributed by atoms with Crippen LogP contribution in [0.5, 0.6) is 5.88 Å². The highest BCUT2D eigenvalue weighted by molar-refractivity contribution is 5.82. The monoisotopic (exact) mass is 392 g/mol. The number of benzene rings is 1. The van der Waals surface area contributed by atoms with Crippen molar-refractivity contribution in [2.75, 3.05) is 13.2 Å². The Morgan fingerprint density at radius 1 is 1.25 bits per heavy atom. The number of fused-ring (bicyclic) bond motifs is 2. The summed E-state index contributed by atoms with van der Waals surface area (Å²) in [4.78, 5) is 12.9. The molecule has 5 rings (SSSR count). The fraction of sp³-hybridized carbons (Fsp3) is 0.389. The SMILES string of the molecule is O=c1c2nn(Cc3ccccc3F)c(OC(F)F)c2cnn1C1[C@H]2COC[C@@H]12. The van der Waals surface area contributed by atoms with Crippen molar-refractivity contribution in [1.29, 1.82) is 0 Å². The topological polar surface area (TPSA) is 71.2 Å². The van der Waals surface area contributed by atoms with E-state index in [0.29, 0.717) is 13.2 Å². The van der Waals surface area contributed by atoms with Crippen molar-refractivity contribution in [3.05, 3.63) is 52.2 Å². The summed E-state index contributed by atoms with van der Waals surface area (Å²) in [5.41, 5.74) is -0.284. The van der Waals surface area contributed by atoms with Gasteiger partial charge in [0.05, 0.1) is 37.4 Å². The first kappa shape index (κ1) is 17.2. The Labute approximate surface area is 156 Å². The fourth-order valence-electron chi connectivity index (χ4n) is 3.90. The molecule has 0 bridgehead atoms. The molecule has 0 N–H and O–H groups in total. The number of alkyl halides is 2. The Hall–Kier alpha value is -2.88. The van der Waals surface area contributed by atoms with E-state index in [-0.39, 0.29) is 46.8 Å². The van der Waals surface area contributed by atoms with Gasteiger partial charge >= 0.3 is 6.61 Å². The van der Waals surface area contributed by atoms with Crippen molar-refractivity contribution < 1.29 is 22.6 Å². The fourth-order valence-corrected chi connectivity index (χ4v) is 3.90. The van der Waals surface area contributed by atoms with E-state index in [9.17, 15) is 18.0 Å². The zero-order valence-electron chi connectivity index (χ0n) is 14.5. The summed E-state index contributed by atoms with van der Waals surface area (Å²) in [6.45, 7) is -2.14. The Morgan fingerprint density at radius 2 is 2.00 bits per heavy atom. The molecule has 1 saturated heterocycles. The zero-order chi connectivity index (χ0) is 19.4. The first-order valence-electron chi connectivity index (χ1n) is 8.79. The van der Waals surface area contributed by atoms with E-state index in [1.54, 1.807) is 6.07 Å². The third kappa shape index (κ3) is 2.67. The minimum atomic E-state index is -3.12. The van der Waals surface area contributed by atoms with Gasteiger partial charge < -0.3 is 9.47 Å². The first-order valence-corrected chi connectivity index (χ1v) is 8.79. The van der Waals surface area contributed by atoms with Gasteiger partial charge in [0.1, 0.15) is 5.82 Å². The number of hydrogen-bond acceptors (Lipinski definition) is 5. The standard InChI is InChI=1S/C18H15F3N4O3/c19-13-4-2-1-3-9(13)6-24-17(28-18(20)21)10-5-22-25(16(26)14(10)23-24)15-11-7-27-8-12(11)15/h1-5,11-12,15,18H,6-8H2/t11-,12+,15?. The summed E-state index contributed by atoms with van der Waals surface area (Å²) < 4.78 is 52.2. The molecule has 1 aromatic carbocycles. The molecule has 146 valence electrons. The molecule has 2 aliphatic rings. The summed E-state index contributed by atoms with van der Waals surface area (Å²) in [6, 6.07) is 5.84. The second-order valence-corrected chi connectivity index (χ2v) is 6.95. The van der Waals surface area contributed by atoms with Crippen LogP contribution in [0, 0.1) is 17.7 Å². The van der Waals surface area contributed by atoms with Crippen LogP contribution in [0.1, 0.15) is 11.6 Å². The van der Waals surface area contributed by atoms with Gasteiger partial charge in [0, 0.05) is 17.4 Å². The molecular formula is C18H15F3N4O3. The lowest BCUT2D eigenvalue weighted by molar-refractivity contribution is -0.0546. The van der Waals surface area contributed by atoms with Crippen molar-refractivity contribution in [3.63, 3.8) is 0 Å². The quantitative estimate of drug-likeness (QED) is 0.666. The molecule has 7 nitrogen and oxygen atoms in total. The number of rotatable bonds is 5. The van der Waals surface area contributed by atoms with Gasteiger partial charge in [-0.1, -0.05) is 18.2 Å². The maximum atomic E-state index is 14.0. The van der Waals surface area contributed by atoms with Crippen LogP contribution in [-0.4, -0.2) is 39.4 Å². The molecule has 10 heteroatoms. The van der Waals surface area contributed by atoms with Crippen LogP contribution in [0.25, 0.3) is 10.9 Å². The molecule has 0 spiro atoms. The largest absolute Gasteiger partial charge is 0.416 e. The van der Waals surface area contributed by atoms with Crippen LogP contribution in [0.15, 0.2) is 35.3 Å². The number of aromatic nitrogens is 4. The van der Waals surface area contributed by atoms with Crippen LogP contribution in [0.4, 0.5) is 13.2 Å². The molecule has 1 aliphatic carbocycles. The lowest BCUT2D eigenvalue weighted by atomic mass is 10.2. The van der Waals surface area contributed by atoms with Gasteiger partial charge in [-0.3, -0.25) is 4.79 Å². The van der Waals surface area contributed by atoms with Gasteiger partial charge in [-0.2, -0.15) is 19.0 Å². The number of ether oxygens (including phenoxy) is 2. The number of nitrogens with zero attached hydrogens (tertiary/aromatic N) is 4. The molecule has 0 amide bonds. The van der Waals surface area contributed by atoms with Gasteiger partial charge in [-0.25, -0.2) is 13.8 Å². The molecule has 1 saturated carbocycles. The van der Waals surface area contributed by atoms with Crippen LogP contribution in [-0.2, 0) is 11.3 Å². The Morgan fingerprint density at radius 3 is 2.71 bits per heavy atom. The summed E-state index contributed by atoms with van der Waals surface area (Å²) in [7, 11) is 0. The average molecular weight is 392 g/mol. The Balaban J connectivity index is 1.60. The molecule has 28 heavy (non-hydrogen) atoms. The highest BCUT2D eigenvalue weighted by Crippen LogP contribution is 2.53. The maximum absolute atomic E-state index is 14.0. The summed E-state index contributed by atoms with van der Waals surface area (Å²) >= 11 is 0. The Kier molecular flexibility index (Phi) is 3.90. The lowest BCUT2D eigenvalue weighted by Gasteiger charge is -2.09. The van der Waals surface area contributed by atoms with Crippen molar-refractivity contribution in [2.45, 2.75) is 19.2 Å². The third-order valence-corrected chi connectivity index (χ3v) is 5.33. The minimum absolute atomic E-state index is 0.0344. The minimum Gasteiger partial charge on any atom is -0.416 e. The van der Waals surface area contributed by atoms with Crippen molar-refractivity contribution in [3.8, 4) is 5.88 Å². The molecular weight excluding hydrogens is 377 g/mol. The zero-order valence-corrected chi connectivity index (χ0v) is 14.5. The van der Waals surface area contributed by atoms with Crippen molar-refractivity contribution in [1.82, 2.24) is 19.6 Å². The number of halogens is 3. The molecule has 2 fully saturated rings. The molecule has 3 atom stereocenters. The number of hydrogen-bond donors (Lipinski definition) is 0. The van der Waals surface area contributed by atoms with Gasteiger partial charge in [0.2, 0.25) is 5.88 Å².